The molecule has 0 unspecified atom stereocenters. The molecule has 0 aliphatic carbocycles. The van der Waals surface area contributed by atoms with E-state index in [4.69, 9.17) is 4.74 Å². The molecule has 0 aliphatic rings. The van der Waals surface area contributed by atoms with Crippen molar-refractivity contribution < 1.29 is 13.9 Å². The Morgan fingerprint density at radius 1 is 0.720 bits per heavy atom. The first-order valence-electron chi connectivity index (χ1n) is 8.99. The van der Waals surface area contributed by atoms with E-state index < -0.39 is 6.86 Å². The Labute approximate surface area is 152 Å². The molecule has 0 heterocycles. The maximum Gasteiger partial charge on any atom is 0.228 e. The van der Waals surface area contributed by atoms with E-state index in [9.17, 15) is 4.39 Å². The fourth-order valence-corrected chi connectivity index (χ4v) is 2.18. The van der Waals surface area contributed by atoms with Gasteiger partial charge in [-0.05, 0) is 53.6 Å². The summed E-state index contributed by atoms with van der Waals surface area (Å²) in [6, 6.07) is 15.8. The quantitative estimate of drug-likeness (QED) is 0.554. The third-order valence-electron chi connectivity index (χ3n) is 3.79. The van der Waals surface area contributed by atoms with Crippen molar-refractivity contribution in [2.45, 2.75) is 52.9 Å². The average Bonchev–Trinajstić information content (AvgIpc) is 2.61. The lowest BCUT2D eigenvalue weighted by Crippen LogP contribution is -1.95. The van der Waals surface area contributed by atoms with Crippen LogP contribution in [-0.4, -0.2) is 13.5 Å². The molecule has 2 rings (SSSR count). The van der Waals surface area contributed by atoms with Gasteiger partial charge in [0.25, 0.3) is 0 Å². The third kappa shape index (κ3) is 8.06. The van der Waals surface area contributed by atoms with Gasteiger partial charge in [0.2, 0.25) is 6.86 Å². The molecule has 0 fully saturated rings. The maximum absolute atomic E-state index is 11.7. The number of halogens is 1. The molecule has 2 nitrogen and oxygen atoms in total. The minimum Gasteiger partial charge on any atom is -0.494 e. The Balaban J connectivity index is 0.000000251. The topological polar surface area (TPSA) is 18.5 Å². The summed E-state index contributed by atoms with van der Waals surface area (Å²) in [6.45, 7) is 10.8. The van der Waals surface area contributed by atoms with Crippen molar-refractivity contribution in [2.75, 3.05) is 13.5 Å². The first kappa shape index (κ1) is 21.0. The van der Waals surface area contributed by atoms with Crippen molar-refractivity contribution in [1.29, 1.82) is 0 Å². The van der Waals surface area contributed by atoms with Crippen LogP contribution in [0.15, 0.2) is 48.5 Å². The third-order valence-corrected chi connectivity index (χ3v) is 3.79. The summed E-state index contributed by atoms with van der Waals surface area (Å²) in [5.41, 5.74) is 2.60. The number of rotatable bonds is 7. The van der Waals surface area contributed by atoms with Crippen molar-refractivity contribution >= 4 is 0 Å². The van der Waals surface area contributed by atoms with Crippen LogP contribution in [0.3, 0.4) is 0 Å². The summed E-state index contributed by atoms with van der Waals surface area (Å²) in [6.07, 6.45) is 1.06. The molecule has 0 saturated heterocycles. The molecule has 0 bridgehead atoms. The minimum atomic E-state index is -0.763. The Morgan fingerprint density at radius 3 is 1.44 bits per heavy atom. The van der Waals surface area contributed by atoms with Gasteiger partial charge in [-0.1, -0.05) is 58.9 Å². The van der Waals surface area contributed by atoms with Crippen molar-refractivity contribution in [2.24, 2.45) is 0 Å². The molecule has 3 heteroatoms. The first-order valence-corrected chi connectivity index (χ1v) is 8.99. The van der Waals surface area contributed by atoms with Crippen LogP contribution < -0.4 is 9.47 Å². The lowest BCUT2D eigenvalue weighted by molar-refractivity contribution is 0.191. The van der Waals surface area contributed by atoms with E-state index in [0.29, 0.717) is 17.6 Å². The van der Waals surface area contributed by atoms with E-state index in [0.717, 1.165) is 18.8 Å². The van der Waals surface area contributed by atoms with Gasteiger partial charge in [0.1, 0.15) is 11.5 Å². The Morgan fingerprint density at radius 2 is 1.12 bits per heavy atom. The molecule has 0 aliphatic heterocycles. The molecule has 2 aromatic rings. The number of ether oxygens (including phenoxy) is 2. The Hall–Kier alpha value is -2.03. The van der Waals surface area contributed by atoms with Crippen molar-refractivity contribution in [1.82, 2.24) is 0 Å². The van der Waals surface area contributed by atoms with Gasteiger partial charge in [-0.2, -0.15) is 0 Å². The molecule has 25 heavy (non-hydrogen) atoms. The summed E-state index contributed by atoms with van der Waals surface area (Å²) < 4.78 is 21.9. The molecule has 0 amide bonds. The number of hydrogen-bond acceptors (Lipinski definition) is 2. The fraction of sp³-hybridized carbons (Fsp3) is 0.455. The van der Waals surface area contributed by atoms with E-state index in [2.05, 4.69) is 51.5 Å². The summed E-state index contributed by atoms with van der Waals surface area (Å²) in [4.78, 5) is 0. The van der Waals surface area contributed by atoms with Gasteiger partial charge in [-0.25, -0.2) is 4.39 Å². The van der Waals surface area contributed by atoms with Gasteiger partial charge in [0.05, 0.1) is 6.61 Å². The molecule has 138 valence electrons. The Kier molecular flexibility index (Phi) is 9.68. The van der Waals surface area contributed by atoms with Crippen LogP contribution in [0.4, 0.5) is 4.39 Å². The van der Waals surface area contributed by atoms with Crippen LogP contribution in [0.1, 0.15) is 64.0 Å². The molecule has 0 atom stereocenters. The number of alkyl halides is 1. The van der Waals surface area contributed by atoms with E-state index in [-0.39, 0.29) is 0 Å². The second kappa shape index (κ2) is 11.5. The average molecular weight is 346 g/mol. The highest BCUT2D eigenvalue weighted by Crippen LogP contribution is 2.19. The summed E-state index contributed by atoms with van der Waals surface area (Å²) in [7, 11) is 0. The molecule has 0 saturated carbocycles. The minimum absolute atomic E-state index is 0.504. The fourth-order valence-electron chi connectivity index (χ4n) is 2.18. The molecule has 0 radical (unpaired) electrons. The first-order chi connectivity index (χ1) is 12.0. The largest absolute Gasteiger partial charge is 0.494 e. The van der Waals surface area contributed by atoms with Crippen LogP contribution in [-0.2, 0) is 0 Å². The number of hydrogen-bond donors (Lipinski definition) is 0. The van der Waals surface area contributed by atoms with Crippen molar-refractivity contribution in [3.05, 3.63) is 59.7 Å². The van der Waals surface area contributed by atoms with Crippen LogP contribution in [0, 0.1) is 0 Å². The predicted octanol–water partition coefficient (Wildman–Crippen LogP) is 6.71. The summed E-state index contributed by atoms with van der Waals surface area (Å²) >= 11 is 0. The second-order valence-electron chi connectivity index (χ2n) is 6.55. The summed E-state index contributed by atoms with van der Waals surface area (Å²) in [5.74, 6) is 2.66. The molecular weight excluding hydrogens is 315 g/mol. The van der Waals surface area contributed by atoms with Crippen LogP contribution in [0.25, 0.3) is 0 Å². The molecular formula is C22H31FO2. The van der Waals surface area contributed by atoms with Gasteiger partial charge in [0.15, 0.2) is 0 Å². The van der Waals surface area contributed by atoms with Crippen molar-refractivity contribution in [3.63, 3.8) is 0 Å². The SMILES string of the molecule is CC(C)c1ccc(OCF)cc1.CCCOc1ccc(C(C)C)cc1. The zero-order chi connectivity index (χ0) is 18.7. The van der Waals surface area contributed by atoms with Gasteiger partial charge >= 0.3 is 0 Å². The second-order valence-corrected chi connectivity index (χ2v) is 6.55. The molecule has 2 aromatic carbocycles. The van der Waals surface area contributed by atoms with Crippen molar-refractivity contribution in [3.8, 4) is 11.5 Å². The maximum atomic E-state index is 11.7. The predicted molar refractivity (Wildman–Crippen MR) is 103 cm³/mol. The van der Waals surface area contributed by atoms with Gasteiger partial charge in [-0.3, -0.25) is 0 Å². The zero-order valence-electron chi connectivity index (χ0n) is 16.1. The van der Waals surface area contributed by atoms with Crippen LogP contribution in [0.5, 0.6) is 11.5 Å². The molecule has 0 spiro atoms. The van der Waals surface area contributed by atoms with Crippen LogP contribution in [0.2, 0.25) is 0 Å². The smallest absolute Gasteiger partial charge is 0.228 e. The van der Waals surface area contributed by atoms with Crippen LogP contribution >= 0.6 is 0 Å². The lowest BCUT2D eigenvalue weighted by Gasteiger charge is -2.07. The number of benzene rings is 2. The van der Waals surface area contributed by atoms with E-state index in [1.807, 2.05) is 24.3 Å². The zero-order valence-corrected chi connectivity index (χ0v) is 16.1. The lowest BCUT2D eigenvalue weighted by atomic mass is 10.0. The van der Waals surface area contributed by atoms with E-state index in [1.54, 1.807) is 12.1 Å². The molecule has 0 N–H and O–H groups in total. The molecule has 0 aromatic heterocycles. The normalized spacial score (nSPS) is 10.4. The van der Waals surface area contributed by atoms with Gasteiger partial charge < -0.3 is 9.47 Å². The van der Waals surface area contributed by atoms with Gasteiger partial charge in [0, 0.05) is 0 Å². The Bertz CT molecular complexity index is 574. The monoisotopic (exact) mass is 346 g/mol. The highest BCUT2D eigenvalue weighted by atomic mass is 19.1. The van der Waals surface area contributed by atoms with E-state index in [1.165, 1.54) is 11.1 Å². The summed E-state index contributed by atoms with van der Waals surface area (Å²) in [5, 5.41) is 0. The van der Waals surface area contributed by atoms with Gasteiger partial charge in [-0.15, -0.1) is 0 Å². The standard InChI is InChI=1S/C12H18O.C10H13FO/c1-4-9-13-12-7-5-11(6-8-12)10(2)3;1-8(2)9-3-5-10(6-4-9)12-7-11/h5-8,10H,4,9H2,1-3H3;3-6,8H,7H2,1-2H3. The highest BCUT2D eigenvalue weighted by Gasteiger charge is 1.99. The van der Waals surface area contributed by atoms with E-state index >= 15 is 0 Å². The highest BCUT2D eigenvalue weighted by molar-refractivity contribution is 5.29.